The van der Waals surface area contributed by atoms with E-state index in [-0.39, 0.29) is 4.90 Å². The molecule has 0 unspecified atom stereocenters. The Balaban J connectivity index is 2.09. The van der Waals surface area contributed by atoms with Crippen molar-refractivity contribution in [1.82, 2.24) is 5.48 Å². The SMILES string of the molecule is CS(=O)(=O)c1ccc(CNc2ccccc2C=CC(=O)NO)cc1. The van der Waals surface area contributed by atoms with Gasteiger partial charge in [-0.05, 0) is 35.4 Å². The van der Waals surface area contributed by atoms with Gasteiger partial charge in [0.25, 0.3) is 5.91 Å². The first-order valence-electron chi connectivity index (χ1n) is 7.14. The molecule has 0 aliphatic heterocycles. The van der Waals surface area contributed by atoms with Crippen LogP contribution in [0.15, 0.2) is 59.5 Å². The molecular formula is C17H18N2O4S. The van der Waals surface area contributed by atoms with Gasteiger partial charge >= 0.3 is 0 Å². The van der Waals surface area contributed by atoms with E-state index in [4.69, 9.17) is 5.21 Å². The first-order valence-corrected chi connectivity index (χ1v) is 9.03. The Hall–Kier alpha value is -2.64. The van der Waals surface area contributed by atoms with Crippen molar-refractivity contribution < 1.29 is 18.4 Å². The summed E-state index contributed by atoms with van der Waals surface area (Å²) >= 11 is 0. The molecule has 0 fully saturated rings. The van der Waals surface area contributed by atoms with E-state index in [1.54, 1.807) is 30.3 Å². The monoisotopic (exact) mass is 346 g/mol. The molecule has 24 heavy (non-hydrogen) atoms. The van der Waals surface area contributed by atoms with Gasteiger partial charge < -0.3 is 5.32 Å². The predicted octanol–water partition coefficient (Wildman–Crippen LogP) is 2.22. The van der Waals surface area contributed by atoms with E-state index in [2.05, 4.69) is 5.32 Å². The molecule has 2 rings (SSSR count). The van der Waals surface area contributed by atoms with Crippen molar-refractivity contribution in [3.8, 4) is 0 Å². The van der Waals surface area contributed by atoms with Gasteiger partial charge in [0, 0.05) is 24.6 Å². The molecule has 3 N–H and O–H groups in total. The highest BCUT2D eigenvalue weighted by atomic mass is 32.2. The van der Waals surface area contributed by atoms with Crippen LogP contribution in [0, 0.1) is 0 Å². The number of rotatable bonds is 6. The lowest BCUT2D eigenvalue weighted by Crippen LogP contribution is -2.14. The topological polar surface area (TPSA) is 95.5 Å². The second-order valence-electron chi connectivity index (χ2n) is 5.17. The Kier molecular flexibility index (Phi) is 5.73. The molecule has 0 saturated carbocycles. The Bertz CT molecular complexity index is 843. The van der Waals surface area contributed by atoms with E-state index in [0.29, 0.717) is 6.54 Å². The van der Waals surface area contributed by atoms with Gasteiger partial charge in [0.05, 0.1) is 4.90 Å². The molecule has 0 radical (unpaired) electrons. The molecule has 1 amide bonds. The number of nitrogens with one attached hydrogen (secondary N) is 2. The average molecular weight is 346 g/mol. The Morgan fingerprint density at radius 1 is 1.12 bits per heavy atom. The zero-order valence-electron chi connectivity index (χ0n) is 13.1. The Morgan fingerprint density at radius 2 is 1.79 bits per heavy atom. The summed E-state index contributed by atoms with van der Waals surface area (Å²) in [5, 5.41) is 11.7. The highest BCUT2D eigenvalue weighted by molar-refractivity contribution is 7.90. The lowest BCUT2D eigenvalue weighted by molar-refractivity contribution is -0.124. The predicted molar refractivity (Wildman–Crippen MR) is 92.3 cm³/mol. The van der Waals surface area contributed by atoms with E-state index < -0.39 is 15.7 Å². The fourth-order valence-electron chi connectivity index (χ4n) is 2.06. The van der Waals surface area contributed by atoms with Crippen molar-refractivity contribution in [2.75, 3.05) is 11.6 Å². The number of carbonyl (C=O) groups excluding carboxylic acids is 1. The first-order chi connectivity index (χ1) is 11.4. The van der Waals surface area contributed by atoms with Crippen LogP contribution in [-0.2, 0) is 21.2 Å². The summed E-state index contributed by atoms with van der Waals surface area (Å²) in [4.78, 5) is 11.4. The van der Waals surface area contributed by atoms with Gasteiger partial charge in [-0.25, -0.2) is 13.9 Å². The number of hydrogen-bond acceptors (Lipinski definition) is 5. The number of carbonyl (C=O) groups is 1. The molecule has 0 atom stereocenters. The third-order valence-corrected chi connectivity index (χ3v) is 4.45. The van der Waals surface area contributed by atoms with Crippen LogP contribution >= 0.6 is 0 Å². The summed E-state index contributed by atoms with van der Waals surface area (Å²) in [5.74, 6) is -0.610. The third-order valence-electron chi connectivity index (χ3n) is 3.32. The summed E-state index contributed by atoms with van der Waals surface area (Å²) in [6.07, 6.45) is 3.98. The number of hydroxylamine groups is 1. The van der Waals surface area contributed by atoms with Gasteiger partial charge in [0.1, 0.15) is 0 Å². The molecule has 2 aromatic rings. The standard InChI is InChI=1S/C17H18N2O4S/c1-24(22,23)15-9-6-13(7-10-15)12-18-16-5-3-2-4-14(16)8-11-17(20)19-21/h2-11,18,21H,12H2,1H3,(H,19,20). The van der Waals surface area contributed by atoms with Crippen molar-refractivity contribution in [3.05, 3.63) is 65.7 Å². The molecule has 0 bridgehead atoms. The van der Waals surface area contributed by atoms with Gasteiger partial charge in [0.2, 0.25) is 0 Å². The molecule has 6 nitrogen and oxygen atoms in total. The van der Waals surface area contributed by atoms with E-state index in [1.165, 1.54) is 17.8 Å². The van der Waals surface area contributed by atoms with Crippen molar-refractivity contribution in [1.29, 1.82) is 0 Å². The van der Waals surface area contributed by atoms with Crippen LogP contribution < -0.4 is 10.8 Å². The number of hydrogen-bond donors (Lipinski definition) is 3. The number of sulfone groups is 1. The van der Waals surface area contributed by atoms with Crippen molar-refractivity contribution >= 4 is 27.5 Å². The lowest BCUT2D eigenvalue weighted by Gasteiger charge is -2.10. The maximum Gasteiger partial charge on any atom is 0.267 e. The maximum atomic E-state index is 11.4. The third kappa shape index (κ3) is 4.94. The molecule has 0 spiro atoms. The Morgan fingerprint density at radius 3 is 2.42 bits per heavy atom. The average Bonchev–Trinajstić information content (AvgIpc) is 2.58. The molecule has 2 aromatic carbocycles. The van der Waals surface area contributed by atoms with Crippen LogP contribution in [0.1, 0.15) is 11.1 Å². The number of amides is 1. The molecule has 0 aliphatic rings. The minimum absolute atomic E-state index is 0.282. The fraction of sp³-hybridized carbons (Fsp3) is 0.118. The summed E-state index contributed by atoms with van der Waals surface area (Å²) in [7, 11) is -3.20. The van der Waals surface area contributed by atoms with E-state index >= 15 is 0 Å². The van der Waals surface area contributed by atoms with Crippen molar-refractivity contribution in [3.63, 3.8) is 0 Å². The quantitative estimate of drug-likeness (QED) is 0.423. The van der Waals surface area contributed by atoms with Gasteiger partial charge in [0.15, 0.2) is 9.84 Å². The second kappa shape index (κ2) is 7.76. The summed E-state index contributed by atoms with van der Waals surface area (Å²) in [6.45, 7) is 0.501. The second-order valence-corrected chi connectivity index (χ2v) is 7.18. The van der Waals surface area contributed by atoms with Crippen molar-refractivity contribution in [2.45, 2.75) is 11.4 Å². The molecule has 7 heteroatoms. The zero-order valence-corrected chi connectivity index (χ0v) is 13.9. The minimum atomic E-state index is -3.20. The van der Waals surface area contributed by atoms with Gasteiger partial charge in [-0.1, -0.05) is 30.3 Å². The zero-order chi connectivity index (χ0) is 17.6. The molecule has 0 heterocycles. The van der Waals surface area contributed by atoms with Crippen LogP contribution in [0.3, 0.4) is 0 Å². The smallest absolute Gasteiger partial charge is 0.267 e. The highest BCUT2D eigenvalue weighted by Crippen LogP contribution is 2.18. The summed E-state index contributed by atoms with van der Waals surface area (Å²) < 4.78 is 22.9. The molecular weight excluding hydrogens is 328 g/mol. The summed E-state index contributed by atoms with van der Waals surface area (Å²) in [5.41, 5.74) is 4.06. The maximum absolute atomic E-state index is 11.4. The van der Waals surface area contributed by atoms with E-state index in [0.717, 1.165) is 16.8 Å². The lowest BCUT2D eigenvalue weighted by atomic mass is 10.1. The number of anilines is 1. The van der Waals surface area contributed by atoms with Gasteiger partial charge in [-0.3, -0.25) is 10.0 Å². The van der Waals surface area contributed by atoms with Crippen molar-refractivity contribution in [2.24, 2.45) is 0 Å². The fourth-order valence-corrected chi connectivity index (χ4v) is 2.69. The first kappa shape index (κ1) is 17.7. The van der Waals surface area contributed by atoms with Crippen LogP contribution in [0.2, 0.25) is 0 Å². The normalized spacial score (nSPS) is 11.4. The van der Waals surface area contributed by atoms with Gasteiger partial charge in [-0.2, -0.15) is 0 Å². The highest BCUT2D eigenvalue weighted by Gasteiger charge is 2.06. The van der Waals surface area contributed by atoms with Crippen LogP contribution in [0.5, 0.6) is 0 Å². The number of benzene rings is 2. The van der Waals surface area contributed by atoms with Gasteiger partial charge in [-0.15, -0.1) is 0 Å². The summed E-state index contributed by atoms with van der Waals surface area (Å²) in [6, 6.07) is 14.0. The van der Waals surface area contributed by atoms with Crippen LogP contribution in [0.4, 0.5) is 5.69 Å². The molecule has 0 aliphatic carbocycles. The largest absolute Gasteiger partial charge is 0.380 e. The van der Waals surface area contributed by atoms with Crippen LogP contribution in [-0.4, -0.2) is 25.8 Å². The van der Waals surface area contributed by atoms with E-state index in [1.807, 2.05) is 24.3 Å². The number of para-hydroxylation sites is 1. The molecule has 126 valence electrons. The minimum Gasteiger partial charge on any atom is -0.380 e. The molecule has 0 saturated heterocycles. The molecule has 0 aromatic heterocycles. The van der Waals surface area contributed by atoms with Crippen LogP contribution in [0.25, 0.3) is 6.08 Å². The Labute approximate surface area is 140 Å². The van der Waals surface area contributed by atoms with E-state index in [9.17, 15) is 13.2 Å².